The maximum absolute atomic E-state index is 14.6. The number of unbranched alkanes of at least 4 members (excludes halogenated alkanes) is 2. The van der Waals surface area contributed by atoms with E-state index in [1.807, 2.05) is 0 Å². The average Bonchev–Trinajstić information content (AvgIpc) is 2.67. The molecule has 0 N–H and O–H groups in total. The zero-order chi connectivity index (χ0) is 19.2. The van der Waals surface area contributed by atoms with Crippen molar-refractivity contribution in [2.24, 2.45) is 5.92 Å². The second-order valence-corrected chi connectivity index (χ2v) is 7.98. The van der Waals surface area contributed by atoms with Crippen LogP contribution in [0.5, 0.6) is 0 Å². The van der Waals surface area contributed by atoms with Crippen molar-refractivity contribution in [1.82, 2.24) is 0 Å². The molecular formula is C24H29F3. The van der Waals surface area contributed by atoms with Crippen LogP contribution in [0.15, 0.2) is 36.4 Å². The van der Waals surface area contributed by atoms with E-state index in [4.69, 9.17) is 0 Å². The van der Waals surface area contributed by atoms with E-state index >= 15 is 0 Å². The molecule has 2 aromatic rings. The third kappa shape index (κ3) is 5.37. The van der Waals surface area contributed by atoms with Crippen LogP contribution in [0.25, 0.3) is 0 Å². The lowest BCUT2D eigenvalue weighted by Gasteiger charge is -2.29. The SMILES string of the molecule is CCCCCC1CCC(c2cc(F)c(Cc3ccc(F)cc3)c(F)c2)CC1. The minimum atomic E-state index is -0.487. The predicted octanol–water partition coefficient (Wildman–Crippen LogP) is 7.55. The van der Waals surface area contributed by atoms with Gasteiger partial charge in [0.15, 0.2) is 0 Å². The topological polar surface area (TPSA) is 0 Å². The van der Waals surface area contributed by atoms with Crippen molar-refractivity contribution in [3.8, 4) is 0 Å². The molecule has 0 aromatic heterocycles. The van der Waals surface area contributed by atoms with Crippen molar-refractivity contribution >= 4 is 0 Å². The maximum Gasteiger partial charge on any atom is 0.129 e. The van der Waals surface area contributed by atoms with Crippen LogP contribution in [-0.4, -0.2) is 0 Å². The van der Waals surface area contributed by atoms with E-state index in [0.717, 1.165) is 37.2 Å². The summed E-state index contributed by atoms with van der Waals surface area (Å²) < 4.78 is 42.2. The molecule has 0 spiro atoms. The monoisotopic (exact) mass is 374 g/mol. The first-order chi connectivity index (χ1) is 13.1. The van der Waals surface area contributed by atoms with Crippen LogP contribution in [0.3, 0.4) is 0 Å². The molecule has 2 aromatic carbocycles. The lowest BCUT2D eigenvalue weighted by molar-refractivity contribution is 0.302. The predicted molar refractivity (Wildman–Crippen MR) is 104 cm³/mol. The fourth-order valence-electron chi connectivity index (χ4n) is 4.30. The van der Waals surface area contributed by atoms with E-state index in [0.29, 0.717) is 5.56 Å². The third-order valence-corrected chi connectivity index (χ3v) is 5.99. The summed E-state index contributed by atoms with van der Waals surface area (Å²) in [5.41, 5.74) is 1.56. The van der Waals surface area contributed by atoms with Gasteiger partial charge >= 0.3 is 0 Å². The Hall–Kier alpha value is -1.77. The molecule has 0 aliphatic heterocycles. The molecule has 27 heavy (non-hydrogen) atoms. The number of rotatable bonds is 7. The Labute approximate surface area is 160 Å². The van der Waals surface area contributed by atoms with Crippen LogP contribution < -0.4 is 0 Å². The molecule has 1 saturated carbocycles. The van der Waals surface area contributed by atoms with Crippen molar-refractivity contribution in [3.63, 3.8) is 0 Å². The largest absolute Gasteiger partial charge is 0.207 e. The van der Waals surface area contributed by atoms with Crippen LogP contribution in [0.4, 0.5) is 13.2 Å². The fraction of sp³-hybridized carbons (Fsp3) is 0.500. The first-order valence-corrected chi connectivity index (χ1v) is 10.3. The van der Waals surface area contributed by atoms with Gasteiger partial charge in [-0.15, -0.1) is 0 Å². The van der Waals surface area contributed by atoms with E-state index in [1.54, 1.807) is 12.1 Å². The van der Waals surface area contributed by atoms with Crippen LogP contribution in [0.2, 0.25) is 0 Å². The van der Waals surface area contributed by atoms with E-state index in [1.165, 1.54) is 49.9 Å². The molecule has 0 nitrogen and oxygen atoms in total. The molecule has 146 valence electrons. The molecule has 0 amide bonds. The Balaban J connectivity index is 1.64. The summed E-state index contributed by atoms with van der Waals surface area (Å²) in [6.45, 7) is 2.22. The number of halogens is 3. The maximum atomic E-state index is 14.6. The Morgan fingerprint density at radius 3 is 2.07 bits per heavy atom. The summed E-state index contributed by atoms with van der Waals surface area (Å²) in [6.07, 6.45) is 9.64. The Morgan fingerprint density at radius 2 is 1.48 bits per heavy atom. The molecule has 1 aliphatic carbocycles. The normalized spacial score (nSPS) is 20.0. The highest BCUT2D eigenvalue weighted by atomic mass is 19.1. The number of benzene rings is 2. The van der Waals surface area contributed by atoms with E-state index < -0.39 is 11.6 Å². The third-order valence-electron chi connectivity index (χ3n) is 5.99. The second kappa shape index (κ2) is 9.43. The summed E-state index contributed by atoms with van der Waals surface area (Å²) in [5.74, 6) is -0.282. The smallest absolute Gasteiger partial charge is 0.129 e. The summed E-state index contributed by atoms with van der Waals surface area (Å²) >= 11 is 0. The average molecular weight is 374 g/mol. The Morgan fingerprint density at radius 1 is 0.852 bits per heavy atom. The summed E-state index contributed by atoms with van der Waals surface area (Å²) in [5, 5.41) is 0. The minimum absolute atomic E-state index is 0.0682. The molecule has 0 radical (unpaired) electrons. The van der Waals surface area contributed by atoms with Gasteiger partial charge in [-0.05, 0) is 72.9 Å². The molecule has 3 rings (SSSR count). The quantitative estimate of drug-likeness (QED) is 0.439. The van der Waals surface area contributed by atoms with Crippen LogP contribution >= 0.6 is 0 Å². The molecule has 1 aliphatic rings. The van der Waals surface area contributed by atoms with Gasteiger partial charge in [0.1, 0.15) is 17.5 Å². The number of hydrogen-bond acceptors (Lipinski definition) is 0. The highest BCUT2D eigenvalue weighted by Crippen LogP contribution is 2.38. The van der Waals surface area contributed by atoms with E-state index in [2.05, 4.69) is 6.92 Å². The minimum Gasteiger partial charge on any atom is -0.207 e. The van der Waals surface area contributed by atoms with Gasteiger partial charge in [0.25, 0.3) is 0 Å². The molecule has 0 atom stereocenters. The fourth-order valence-corrected chi connectivity index (χ4v) is 4.30. The molecule has 0 bridgehead atoms. The highest BCUT2D eigenvalue weighted by molar-refractivity contribution is 5.33. The van der Waals surface area contributed by atoms with Crippen LogP contribution in [0.1, 0.15) is 80.9 Å². The summed E-state index contributed by atoms with van der Waals surface area (Å²) in [6, 6.07) is 8.81. The Bertz CT molecular complexity index is 705. The molecule has 0 unspecified atom stereocenters. The molecule has 3 heteroatoms. The van der Waals surface area contributed by atoms with Gasteiger partial charge in [-0.2, -0.15) is 0 Å². The molecular weight excluding hydrogens is 345 g/mol. The number of hydrogen-bond donors (Lipinski definition) is 0. The van der Waals surface area contributed by atoms with Gasteiger partial charge in [-0.25, -0.2) is 13.2 Å². The van der Waals surface area contributed by atoms with Crippen LogP contribution in [0, 0.1) is 23.4 Å². The van der Waals surface area contributed by atoms with Gasteiger partial charge in [0, 0.05) is 12.0 Å². The van der Waals surface area contributed by atoms with Gasteiger partial charge < -0.3 is 0 Å². The first-order valence-electron chi connectivity index (χ1n) is 10.3. The van der Waals surface area contributed by atoms with Crippen molar-refractivity contribution in [1.29, 1.82) is 0 Å². The van der Waals surface area contributed by atoms with Gasteiger partial charge in [-0.3, -0.25) is 0 Å². The van der Waals surface area contributed by atoms with Crippen molar-refractivity contribution in [2.45, 2.75) is 70.6 Å². The van der Waals surface area contributed by atoms with Gasteiger partial charge in [0.05, 0.1) is 0 Å². The molecule has 0 heterocycles. The van der Waals surface area contributed by atoms with Crippen molar-refractivity contribution in [2.75, 3.05) is 0 Å². The van der Waals surface area contributed by atoms with Gasteiger partial charge in [0.2, 0.25) is 0 Å². The zero-order valence-corrected chi connectivity index (χ0v) is 16.1. The van der Waals surface area contributed by atoms with Gasteiger partial charge in [-0.1, -0.05) is 44.7 Å². The summed E-state index contributed by atoms with van der Waals surface area (Å²) in [4.78, 5) is 0. The van der Waals surface area contributed by atoms with Crippen molar-refractivity contribution in [3.05, 3.63) is 70.5 Å². The second-order valence-electron chi connectivity index (χ2n) is 7.98. The zero-order valence-electron chi connectivity index (χ0n) is 16.1. The van der Waals surface area contributed by atoms with Crippen molar-refractivity contribution < 1.29 is 13.2 Å². The standard InChI is InChI=1S/C24H29F3/c1-2-3-4-5-17-6-10-19(11-7-17)20-15-23(26)22(24(27)16-20)14-18-8-12-21(25)13-9-18/h8-9,12-13,15-17,19H,2-7,10-11,14H2,1H3. The van der Waals surface area contributed by atoms with Crippen LogP contribution in [-0.2, 0) is 6.42 Å². The molecule has 0 saturated heterocycles. The summed E-state index contributed by atoms with van der Waals surface area (Å²) in [7, 11) is 0. The lowest BCUT2D eigenvalue weighted by atomic mass is 9.77. The first kappa shape index (κ1) is 20.0. The van der Waals surface area contributed by atoms with E-state index in [9.17, 15) is 13.2 Å². The lowest BCUT2D eigenvalue weighted by Crippen LogP contribution is -2.14. The van der Waals surface area contributed by atoms with E-state index in [-0.39, 0.29) is 23.7 Å². The molecule has 1 fully saturated rings. The highest BCUT2D eigenvalue weighted by Gasteiger charge is 2.24. The Kier molecular flexibility index (Phi) is 6.98.